The number of benzene rings is 1. The minimum Gasteiger partial charge on any atom is -0.373 e. The SMILES string of the molecule is CCCN(C)c1cccc(Cl)c1Cl. The summed E-state index contributed by atoms with van der Waals surface area (Å²) in [5, 5.41) is 1.25. The highest BCUT2D eigenvalue weighted by molar-refractivity contribution is 6.43. The first kappa shape index (κ1) is 10.7. The zero-order valence-corrected chi connectivity index (χ0v) is 9.36. The summed E-state index contributed by atoms with van der Waals surface area (Å²) in [7, 11) is 2.01. The van der Waals surface area contributed by atoms with Crippen molar-refractivity contribution in [2.45, 2.75) is 13.3 Å². The van der Waals surface area contributed by atoms with Gasteiger partial charge in [-0.2, -0.15) is 0 Å². The Labute approximate surface area is 89.3 Å². The summed E-state index contributed by atoms with van der Waals surface area (Å²) in [6, 6.07) is 5.69. The number of rotatable bonds is 3. The largest absolute Gasteiger partial charge is 0.373 e. The quantitative estimate of drug-likeness (QED) is 0.744. The zero-order chi connectivity index (χ0) is 9.84. The summed E-state index contributed by atoms with van der Waals surface area (Å²) >= 11 is 11.9. The molecule has 1 aromatic carbocycles. The van der Waals surface area contributed by atoms with Gasteiger partial charge in [0, 0.05) is 13.6 Å². The first-order valence-corrected chi connectivity index (χ1v) is 5.07. The molecule has 0 fully saturated rings. The molecule has 1 aromatic rings. The van der Waals surface area contributed by atoms with E-state index < -0.39 is 0 Å². The lowest BCUT2D eigenvalue weighted by atomic mass is 10.3. The molecule has 0 aliphatic carbocycles. The lowest BCUT2D eigenvalue weighted by molar-refractivity contribution is 0.852. The first-order valence-electron chi connectivity index (χ1n) is 4.32. The summed E-state index contributed by atoms with van der Waals surface area (Å²) in [6.45, 7) is 3.12. The Kier molecular flexibility index (Phi) is 3.89. The summed E-state index contributed by atoms with van der Waals surface area (Å²) in [5.74, 6) is 0. The molecule has 13 heavy (non-hydrogen) atoms. The van der Waals surface area contributed by atoms with Crippen molar-refractivity contribution in [2.75, 3.05) is 18.5 Å². The van der Waals surface area contributed by atoms with Crippen LogP contribution in [0.15, 0.2) is 18.2 Å². The molecule has 0 spiro atoms. The summed E-state index contributed by atoms with van der Waals surface area (Å²) < 4.78 is 0. The van der Waals surface area contributed by atoms with Crippen LogP contribution in [-0.2, 0) is 0 Å². The van der Waals surface area contributed by atoms with Gasteiger partial charge in [-0.25, -0.2) is 0 Å². The highest BCUT2D eigenvalue weighted by Gasteiger charge is 2.07. The Morgan fingerprint density at radius 2 is 2.00 bits per heavy atom. The van der Waals surface area contributed by atoms with Crippen molar-refractivity contribution >= 4 is 28.9 Å². The van der Waals surface area contributed by atoms with E-state index in [1.165, 1.54) is 0 Å². The fourth-order valence-corrected chi connectivity index (χ4v) is 1.68. The first-order chi connectivity index (χ1) is 6.16. The molecule has 0 N–H and O–H groups in total. The third-order valence-electron chi connectivity index (χ3n) is 1.90. The third kappa shape index (κ3) is 2.52. The third-order valence-corrected chi connectivity index (χ3v) is 2.71. The normalized spacial score (nSPS) is 10.2. The van der Waals surface area contributed by atoms with Gasteiger partial charge in [-0.1, -0.05) is 36.2 Å². The van der Waals surface area contributed by atoms with Gasteiger partial charge in [-0.15, -0.1) is 0 Å². The van der Waals surface area contributed by atoms with Gasteiger partial charge >= 0.3 is 0 Å². The van der Waals surface area contributed by atoms with E-state index in [0.29, 0.717) is 10.0 Å². The number of anilines is 1. The van der Waals surface area contributed by atoms with E-state index in [1.54, 1.807) is 6.07 Å². The van der Waals surface area contributed by atoms with E-state index >= 15 is 0 Å². The Morgan fingerprint density at radius 1 is 1.31 bits per heavy atom. The maximum atomic E-state index is 6.05. The van der Waals surface area contributed by atoms with E-state index in [0.717, 1.165) is 18.7 Å². The standard InChI is InChI=1S/C10H13Cl2N/c1-3-7-13(2)9-6-4-5-8(11)10(9)12/h4-6H,3,7H2,1-2H3. The monoisotopic (exact) mass is 217 g/mol. The van der Waals surface area contributed by atoms with Crippen molar-refractivity contribution in [3.63, 3.8) is 0 Å². The molecule has 0 aliphatic rings. The molecular formula is C10H13Cl2N. The predicted molar refractivity (Wildman–Crippen MR) is 60.0 cm³/mol. The average molecular weight is 218 g/mol. The fourth-order valence-electron chi connectivity index (χ4n) is 1.24. The van der Waals surface area contributed by atoms with E-state index in [1.807, 2.05) is 19.2 Å². The van der Waals surface area contributed by atoms with E-state index in [-0.39, 0.29) is 0 Å². The molecule has 0 aliphatic heterocycles. The Bertz CT molecular complexity index is 286. The van der Waals surface area contributed by atoms with Crippen LogP contribution in [0.1, 0.15) is 13.3 Å². The number of hydrogen-bond acceptors (Lipinski definition) is 1. The fraction of sp³-hybridized carbons (Fsp3) is 0.400. The highest BCUT2D eigenvalue weighted by Crippen LogP contribution is 2.31. The maximum Gasteiger partial charge on any atom is 0.0825 e. The van der Waals surface area contributed by atoms with Gasteiger partial charge in [0.05, 0.1) is 15.7 Å². The molecule has 1 nitrogen and oxygen atoms in total. The van der Waals surface area contributed by atoms with E-state index in [9.17, 15) is 0 Å². The summed E-state index contributed by atoms with van der Waals surface area (Å²) in [6.07, 6.45) is 1.10. The summed E-state index contributed by atoms with van der Waals surface area (Å²) in [5.41, 5.74) is 0.996. The molecule has 1 rings (SSSR count). The lowest BCUT2D eigenvalue weighted by Crippen LogP contribution is -2.17. The van der Waals surface area contributed by atoms with Crippen LogP contribution in [-0.4, -0.2) is 13.6 Å². The van der Waals surface area contributed by atoms with Crippen molar-refractivity contribution in [3.8, 4) is 0 Å². The van der Waals surface area contributed by atoms with Crippen molar-refractivity contribution in [3.05, 3.63) is 28.2 Å². The van der Waals surface area contributed by atoms with Gasteiger partial charge in [0.2, 0.25) is 0 Å². The second-order valence-electron chi connectivity index (χ2n) is 2.99. The van der Waals surface area contributed by atoms with Crippen LogP contribution in [0.5, 0.6) is 0 Å². The van der Waals surface area contributed by atoms with Crippen LogP contribution in [0.3, 0.4) is 0 Å². The van der Waals surface area contributed by atoms with Crippen LogP contribution in [0.4, 0.5) is 5.69 Å². The molecule has 0 bridgehead atoms. The molecule has 72 valence electrons. The summed E-state index contributed by atoms with van der Waals surface area (Å²) in [4.78, 5) is 2.11. The van der Waals surface area contributed by atoms with Crippen molar-refractivity contribution in [2.24, 2.45) is 0 Å². The Balaban J connectivity index is 2.93. The maximum absolute atomic E-state index is 6.05. The number of nitrogens with zero attached hydrogens (tertiary/aromatic N) is 1. The average Bonchev–Trinajstić information content (AvgIpc) is 2.10. The minimum atomic E-state index is 0.613. The van der Waals surface area contributed by atoms with Crippen LogP contribution in [0, 0.1) is 0 Å². The van der Waals surface area contributed by atoms with Crippen molar-refractivity contribution in [1.29, 1.82) is 0 Å². The number of hydrogen-bond donors (Lipinski definition) is 0. The van der Waals surface area contributed by atoms with Crippen LogP contribution < -0.4 is 4.90 Å². The van der Waals surface area contributed by atoms with Crippen LogP contribution >= 0.6 is 23.2 Å². The minimum absolute atomic E-state index is 0.613. The predicted octanol–water partition coefficient (Wildman–Crippen LogP) is 3.84. The molecular weight excluding hydrogens is 205 g/mol. The topological polar surface area (TPSA) is 3.24 Å². The van der Waals surface area contributed by atoms with Crippen LogP contribution in [0.25, 0.3) is 0 Å². The molecule has 0 atom stereocenters. The van der Waals surface area contributed by atoms with Crippen molar-refractivity contribution < 1.29 is 0 Å². The zero-order valence-electron chi connectivity index (χ0n) is 7.85. The lowest BCUT2D eigenvalue weighted by Gasteiger charge is -2.19. The second kappa shape index (κ2) is 4.73. The molecule has 0 saturated heterocycles. The van der Waals surface area contributed by atoms with Gasteiger partial charge in [0.25, 0.3) is 0 Å². The molecule has 3 heteroatoms. The molecule has 0 unspecified atom stereocenters. The second-order valence-corrected chi connectivity index (χ2v) is 3.78. The molecule has 0 amide bonds. The smallest absolute Gasteiger partial charge is 0.0825 e. The highest BCUT2D eigenvalue weighted by atomic mass is 35.5. The van der Waals surface area contributed by atoms with Crippen LogP contribution in [0.2, 0.25) is 10.0 Å². The molecule has 0 saturated carbocycles. The van der Waals surface area contributed by atoms with Gasteiger partial charge < -0.3 is 4.90 Å². The molecule has 0 radical (unpaired) electrons. The van der Waals surface area contributed by atoms with E-state index in [2.05, 4.69) is 11.8 Å². The van der Waals surface area contributed by atoms with Gasteiger partial charge in [0.1, 0.15) is 0 Å². The molecule has 0 aromatic heterocycles. The van der Waals surface area contributed by atoms with E-state index in [4.69, 9.17) is 23.2 Å². The van der Waals surface area contributed by atoms with Gasteiger partial charge in [-0.05, 0) is 18.6 Å². The van der Waals surface area contributed by atoms with Gasteiger partial charge in [-0.3, -0.25) is 0 Å². The molecule has 0 heterocycles. The number of halogens is 2. The van der Waals surface area contributed by atoms with Crippen molar-refractivity contribution in [1.82, 2.24) is 0 Å². The Hall–Kier alpha value is -0.400. The van der Waals surface area contributed by atoms with Gasteiger partial charge in [0.15, 0.2) is 0 Å². The Morgan fingerprint density at radius 3 is 2.62 bits per heavy atom.